The first kappa shape index (κ1) is 16.1. The summed E-state index contributed by atoms with van der Waals surface area (Å²) in [4.78, 5) is 4.31. The maximum atomic E-state index is 12.8. The summed E-state index contributed by atoms with van der Waals surface area (Å²) < 4.78 is 38.4. The summed E-state index contributed by atoms with van der Waals surface area (Å²) in [6.07, 6.45) is -4.52. The molecule has 0 amide bonds. The van der Waals surface area contributed by atoms with E-state index in [-0.39, 0.29) is 0 Å². The van der Waals surface area contributed by atoms with Crippen molar-refractivity contribution in [2.75, 3.05) is 27.2 Å². The van der Waals surface area contributed by atoms with Crippen LogP contribution in [-0.4, -0.2) is 48.1 Å². The van der Waals surface area contributed by atoms with Gasteiger partial charge >= 0.3 is 6.18 Å². The number of benzene rings is 1. The van der Waals surface area contributed by atoms with E-state index in [1.54, 1.807) is 6.07 Å². The monoisotopic (exact) mass is 302 g/mol. The van der Waals surface area contributed by atoms with Gasteiger partial charge in [0, 0.05) is 25.7 Å². The van der Waals surface area contributed by atoms with Gasteiger partial charge in [0.1, 0.15) is 5.75 Å². The zero-order valence-corrected chi connectivity index (χ0v) is 12.5. The predicted molar refractivity (Wildman–Crippen MR) is 75.0 cm³/mol. The van der Waals surface area contributed by atoms with Crippen LogP contribution in [0.25, 0.3) is 0 Å². The lowest BCUT2D eigenvalue weighted by Crippen LogP contribution is -2.34. The van der Waals surface area contributed by atoms with Crippen molar-refractivity contribution in [1.82, 2.24) is 9.80 Å². The fraction of sp³-hybridized carbons (Fsp3) is 0.600. The van der Waals surface area contributed by atoms with Gasteiger partial charge in [-0.3, -0.25) is 4.90 Å². The van der Waals surface area contributed by atoms with Crippen molar-refractivity contribution < 1.29 is 18.3 Å². The SMILES string of the molecule is CC1CN(Cc2ccc(O)c(C(F)(F)F)c2)CC1N(C)C. The van der Waals surface area contributed by atoms with Crippen LogP contribution in [-0.2, 0) is 12.7 Å². The second kappa shape index (κ2) is 5.85. The summed E-state index contributed by atoms with van der Waals surface area (Å²) in [7, 11) is 4.04. The highest BCUT2D eigenvalue weighted by Crippen LogP contribution is 2.36. The first-order valence-electron chi connectivity index (χ1n) is 6.96. The second-order valence-electron chi connectivity index (χ2n) is 6.05. The molecule has 118 valence electrons. The highest BCUT2D eigenvalue weighted by molar-refractivity contribution is 5.38. The van der Waals surface area contributed by atoms with Crippen LogP contribution in [0.15, 0.2) is 18.2 Å². The first-order valence-corrected chi connectivity index (χ1v) is 6.96. The normalized spacial score (nSPS) is 24.0. The molecule has 1 aromatic rings. The molecule has 3 nitrogen and oxygen atoms in total. The maximum absolute atomic E-state index is 12.8. The van der Waals surface area contributed by atoms with Crippen LogP contribution in [0.5, 0.6) is 5.75 Å². The van der Waals surface area contributed by atoms with E-state index in [0.717, 1.165) is 25.2 Å². The summed E-state index contributed by atoms with van der Waals surface area (Å²) in [5.41, 5.74) is -0.386. The summed E-state index contributed by atoms with van der Waals surface area (Å²) >= 11 is 0. The maximum Gasteiger partial charge on any atom is 0.419 e. The lowest BCUT2D eigenvalue weighted by Gasteiger charge is -2.22. The van der Waals surface area contributed by atoms with Crippen LogP contribution in [0.2, 0.25) is 0 Å². The molecule has 1 saturated heterocycles. The molecule has 0 aliphatic carbocycles. The van der Waals surface area contributed by atoms with Gasteiger partial charge in [0.05, 0.1) is 5.56 Å². The number of hydrogen-bond donors (Lipinski definition) is 1. The molecule has 1 heterocycles. The second-order valence-corrected chi connectivity index (χ2v) is 6.05. The van der Waals surface area contributed by atoms with Gasteiger partial charge in [-0.05, 0) is 37.7 Å². The van der Waals surface area contributed by atoms with Crippen molar-refractivity contribution in [1.29, 1.82) is 0 Å². The summed E-state index contributed by atoms with van der Waals surface area (Å²) in [5.74, 6) is -0.230. The minimum atomic E-state index is -4.52. The molecule has 1 aliphatic heterocycles. The summed E-state index contributed by atoms with van der Waals surface area (Å²) in [6, 6.07) is 4.15. The van der Waals surface area contributed by atoms with Gasteiger partial charge in [0.25, 0.3) is 0 Å². The number of halogens is 3. The van der Waals surface area contributed by atoms with Gasteiger partial charge < -0.3 is 10.0 Å². The molecule has 21 heavy (non-hydrogen) atoms. The van der Waals surface area contributed by atoms with E-state index in [0.29, 0.717) is 24.1 Å². The van der Waals surface area contributed by atoms with E-state index < -0.39 is 17.5 Å². The van der Waals surface area contributed by atoms with E-state index >= 15 is 0 Å². The number of rotatable bonds is 3. The van der Waals surface area contributed by atoms with Crippen LogP contribution in [0.1, 0.15) is 18.1 Å². The highest BCUT2D eigenvalue weighted by Gasteiger charge is 2.35. The molecule has 2 atom stereocenters. The third kappa shape index (κ3) is 3.68. The Kier molecular flexibility index (Phi) is 4.49. The molecule has 0 radical (unpaired) electrons. The number of likely N-dealkylation sites (tertiary alicyclic amines) is 1. The smallest absolute Gasteiger partial charge is 0.419 e. The van der Waals surface area contributed by atoms with Gasteiger partial charge in [-0.15, -0.1) is 0 Å². The Bertz CT molecular complexity index is 502. The molecule has 1 N–H and O–H groups in total. The molecule has 0 aromatic heterocycles. The van der Waals surface area contributed by atoms with Crippen molar-refractivity contribution in [2.45, 2.75) is 25.7 Å². The average Bonchev–Trinajstić information content (AvgIpc) is 2.71. The molecule has 1 fully saturated rings. The van der Waals surface area contributed by atoms with Crippen molar-refractivity contribution in [3.63, 3.8) is 0 Å². The third-order valence-corrected chi connectivity index (χ3v) is 4.08. The molecule has 6 heteroatoms. The molecule has 1 aliphatic rings. The van der Waals surface area contributed by atoms with Crippen LogP contribution in [0, 0.1) is 5.92 Å². The molecular formula is C15H21F3N2O. The highest BCUT2D eigenvalue weighted by atomic mass is 19.4. The molecule has 1 aromatic carbocycles. The number of alkyl halides is 3. The van der Waals surface area contributed by atoms with Crippen LogP contribution in [0.3, 0.4) is 0 Å². The van der Waals surface area contributed by atoms with Crippen molar-refractivity contribution in [3.8, 4) is 5.75 Å². The standard InChI is InChI=1S/C15H21F3N2O/c1-10-7-20(9-13(10)19(2)3)8-11-4-5-14(21)12(6-11)15(16,17)18/h4-6,10,13,21H,7-9H2,1-3H3. The zero-order valence-electron chi connectivity index (χ0n) is 12.5. The van der Waals surface area contributed by atoms with Gasteiger partial charge in [-0.25, -0.2) is 0 Å². The molecule has 0 saturated carbocycles. The summed E-state index contributed by atoms with van der Waals surface area (Å²) in [6.45, 7) is 4.34. The average molecular weight is 302 g/mol. The number of hydrogen-bond acceptors (Lipinski definition) is 3. The number of phenolic OH excluding ortho intramolecular Hbond substituents is 1. The Balaban J connectivity index is 2.11. The van der Waals surface area contributed by atoms with Gasteiger partial charge in [-0.2, -0.15) is 13.2 Å². The molecular weight excluding hydrogens is 281 g/mol. The number of likely N-dealkylation sites (N-methyl/N-ethyl adjacent to an activating group) is 1. The van der Waals surface area contributed by atoms with E-state index in [1.807, 2.05) is 14.1 Å². The molecule has 0 spiro atoms. The number of phenols is 1. The lowest BCUT2D eigenvalue weighted by molar-refractivity contribution is -0.138. The zero-order chi connectivity index (χ0) is 15.8. The molecule has 2 rings (SSSR count). The van der Waals surface area contributed by atoms with Crippen molar-refractivity contribution >= 4 is 0 Å². The third-order valence-electron chi connectivity index (χ3n) is 4.08. The Morgan fingerprint density at radius 2 is 1.95 bits per heavy atom. The molecule has 2 unspecified atom stereocenters. The van der Waals surface area contributed by atoms with Gasteiger partial charge in [0.2, 0.25) is 0 Å². The fourth-order valence-electron chi connectivity index (χ4n) is 3.02. The Morgan fingerprint density at radius 1 is 1.29 bits per heavy atom. The van der Waals surface area contributed by atoms with E-state index in [1.165, 1.54) is 0 Å². The van der Waals surface area contributed by atoms with Crippen LogP contribution >= 0.6 is 0 Å². The fourth-order valence-corrected chi connectivity index (χ4v) is 3.02. The topological polar surface area (TPSA) is 26.7 Å². The van der Waals surface area contributed by atoms with Crippen LogP contribution < -0.4 is 0 Å². The van der Waals surface area contributed by atoms with E-state index in [2.05, 4.69) is 16.7 Å². The Hall–Kier alpha value is -1.27. The van der Waals surface area contributed by atoms with Crippen LogP contribution in [0.4, 0.5) is 13.2 Å². The lowest BCUT2D eigenvalue weighted by atomic mass is 10.1. The van der Waals surface area contributed by atoms with Crippen molar-refractivity contribution in [2.24, 2.45) is 5.92 Å². The predicted octanol–water partition coefficient (Wildman–Crippen LogP) is 2.79. The Labute approximate surface area is 123 Å². The minimum Gasteiger partial charge on any atom is -0.507 e. The van der Waals surface area contributed by atoms with Gasteiger partial charge in [-0.1, -0.05) is 13.0 Å². The number of nitrogens with zero attached hydrogens (tertiary/aromatic N) is 2. The van der Waals surface area contributed by atoms with E-state index in [4.69, 9.17) is 0 Å². The van der Waals surface area contributed by atoms with E-state index in [9.17, 15) is 18.3 Å². The first-order chi connectivity index (χ1) is 9.68. The summed E-state index contributed by atoms with van der Waals surface area (Å²) in [5, 5.41) is 9.35. The Morgan fingerprint density at radius 3 is 2.48 bits per heavy atom. The number of aromatic hydroxyl groups is 1. The molecule has 0 bridgehead atoms. The largest absolute Gasteiger partial charge is 0.507 e. The minimum absolute atomic E-state index is 0.421. The van der Waals surface area contributed by atoms with Crippen molar-refractivity contribution in [3.05, 3.63) is 29.3 Å². The quantitative estimate of drug-likeness (QED) is 0.930. The van der Waals surface area contributed by atoms with Gasteiger partial charge in [0.15, 0.2) is 0 Å².